The minimum atomic E-state index is 1.11. The van der Waals surface area contributed by atoms with Gasteiger partial charge in [0.05, 0.1) is 0 Å². The van der Waals surface area contributed by atoms with Crippen molar-refractivity contribution in [3.05, 3.63) is 42.0 Å². The Morgan fingerprint density at radius 1 is 1.36 bits per heavy atom. The Bertz CT molecular complexity index is 236. The molecule has 0 bridgehead atoms. The van der Waals surface area contributed by atoms with E-state index in [2.05, 4.69) is 45.1 Å². The first-order chi connectivity index (χ1) is 5.34. The molecule has 0 saturated heterocycles. The third kappa shape index (κ3) is 2.26. The number of hydrogen-bond acceptors (Lipinski definition) is 0. The van der Waals surface area contributed by atoms with Gasteiger partial charge in [0.2, 0.25) is 0 Å². The molecule has 0 aliphatic rings. The zero-order valence-corrected chi connectivity index (χ0v) is 7.17. The van der Waals surface area contributed by atoms with Crippen LogP contribution in [0.5, 0.6) is 0 Å². The molecule has 0 aliphatic carbocycles. The van der Waals surface area contributed by atoms with Gasteiger partial charge in [-0.2, -0.15) is 0 Å². The van der Waals surface area contributed by atoms with E-state index in [0.29, 0.717) is 0 Å². The molecule has 1 aromatic rings. The topological polar surface area (TPSA) is 0 Å². The van der Waals surface area contributed by atoms with Crippen molar-refractivity contribution in [3.63, 3.8) is 0 Å². The molecule has 0 aromatic heterocycles. The molecule has 0 aliphatic heterocycles. The van der Waals surface area contributed by atoms with E-state index in [9.17, 15) is 0 Å². The lowest BCUT2D eigenvalue weighted by molar-refractivity contribution is 1.54. The second-order valence-electron chi connectivity index (χ2n) is 2.66. The molecule has 0 radical (unpaired) electrons. The summed E-state index contributed by atoms with van der Waals surface area (Å²) in [4.78, 5) is 0. The molecule has 0 heterocycles. The maximum atomic E-state index is 2.25. The number of hydrogen-bond donors (Lipinski definition) is 0. The summed E-state index contributed by atoms with van der Waals surface area (Å²) in [6.07, 6.45) is 3.36. The number of benzene rings is 1. The van der Waals surface area contributed by atoms with Crippen LogP contribution in [-0.4, -0.2) is 7.85 Å². The van der Waals surface area contributed by atoms with Crippen LogP contribution < -0.4 is 0 Å². The quantitative estimate of drug-likeness (QED) is 0.557. The number of allylic oxidation sites excluding steroid dienone is 2. The van der Waals surface area contributed by atoms with Gasteiger partial charge in [-0.25, -0.2) is 0 Å². The van der Waals surface area contributed by atoms with Gasteiger partial charge in [-0.3, -0.25) is 0 Å². The molecule has 0 nitrogen and oxygen atoms in total. The molecule has 0 fully saturated rings. The molecule has 0 saturated carbocycles. The Morgan fingerprint density at radius 2 is 2.00 bits per heavy atom. The normalized spacial score (nSPS) is 11.5. The summed E-state index contributed by atoms with van der Waals surface area (Å²) in [7, 11) is 2.16. The van der Waals surface area contributed by atoms with E-state index in [1.54, 1.807) is 0 Å². The molecular weight excluding hydrogens is 131 g/mol. The van der Waals surface area contributed by atoms with Crippen LogP contribution in [0.4, 0.5) is 0 Å². The molecule has 0 spiro atoms. The minimum Gasteiger partial charge on any atom is -0.0889 e. The SMILES string of the molecule is BC/C=C(\C)c1ccccc1. The van der Waals surface area contributed by atoms with Crippen molar-refractivity contribution in [2.45, 2.75) is 13.2 Å². The van der Waals surface area contributed by atoms with Crippen molar-refractivity contribution in [1.82, 2.24) is 0 Å². The molecule has 0 unspecified atom stereocenters. The Balaban J connectivity index is 2.85. The highest BCUT2D eigenvalue weighted by atomic mass is 13.9. The summed E-state index contributed by atoms with van der Waals surface area (Å²) in [5.74, 6) is 0. The maximum absolute atomic E-state index is 2.25. The van der Waals surface area contributed by atoms with E-state index in [4.69, 9.17) is 0 Å². The van der Waals surface area contributed by atoms with Crippen molar-refractivity contribution in [2.24, 2.45) is 0 Å². The van der Waals surface area contributed by atoms with Crippen molar-refractivity contribution >= 4 is 13.4 Å². The van der Waals surface area contributed by atoms with E-state index < -0.39 is 0 Å². The van der Waals surface area contributed by atoms with E-state index >= 15 is 0 Å². The van der Waals surface area contributed by atoms with Crippen molar-refractivity contribution in [1.29, 1.82) is 0 Å². The second-order valence-corrected chi connectivity index (χ2v) is 2.66. The fourth-order valence-corrected chi connectivity index (χ4v) is 1.13. The third-order valence-corrected chi connectivity index (χ3v) is 1.74. The highest BCUT2D eigenvalue weighted by molar-refractivity contribution is 6.10. The summed E-state index contributed by atoms with van der Waals surface area (Å²) >= 11 is 0. The largest absolute Gasteiger partial charge is 0.106 e. The smallest absolute Gasteiger partial charge is 0.0889 e. The van der Waals surface area contributed by atoms with Crippen LogP contribution in [0.3, 0.4) is 0 Å². The predicted molar refractivity (Wildman–Crippen MR) is 53.4 cm³/mol. The predicted octanol–water partition coefficient (Wildman–Crippen LogP) is 2.14. The fourth-order valence-electron chi connectivity index (χ4n) is 1.13. The van der Waals surface area contributed by atoms with Crippen LogP contribution in [0.2, 0.25) is 6.32 Å². The molecule has 11 heavy (non-hydrogen) atoms. The average Bonchev–Trinajstić information content (AvgIpc) is 2.07. The molecule has 1 aromatic carbocycles. The van der Waals surface area contributed by atoms with Crippen LogP contribution in [0, 0.1) is 0 Å². The lowest BCUT2D eigenvalue weighted by Gasteiger charge is -1.98. The van der Waals surface area contributed by atoms with Gasteiger partial charge in [-0.1, -0.05) is 42.7 Å². The summed E-state index contributed by atoms with van der Waals surface area (Å²) < 4.78 is 0. The van der Waals surface area contributed by atoms with Gasteiger partial charge in [-0.15, -0.1) is 0 Å². The lowest BCUT2D eigenvalue weighted by Crippen LogP contribution is -1.77. The van der Waals surface area contributed by atoms with E-state index in [1.807, 2.05) is 6.07 Å². The monoisotopic (exact) mass is 144 g/mol. The molecule has 0 N–H and O–H groups in total. The summed E-state index contributed by atoms with van der Waals surface area (Å²) in [5, 5.41) is 0. The first-order valence-corrected chi connectivity index (χ1v) is 4.06. The van der Waals surface area contributed by atoms with Crippen LogP contribution >= 0.6 is 0 Å². The second kappa shape index (κ2) is 4.02. The van der Waals surface area contributed by atoms with Gasteiger partial charge in [0.15, 0.2) is 0 Å². The first kappa shape index (κ1) is 8.12. The van der Waals surface area contributed by atoms with E-state index in [1.165, 1.54) is 11.1 Å². The fraction of sp³-hybridized carbons (Fsp3) is 0.200. The Hall–Kier alpha value is -0.975. The minimum absolute atomic E-state index is 1.11. The van der Waals surface area contributed by atoms with Crippen molar-refractivity contribution in [2.75, 3.05) is 0 Å². The van der Waals surface area contributed by atoms with Crippen molar-refractivity contribution < 1.29 is 0 Å². The maximum Gasteiger partial charge on any atom is 0.106 e. The molecule has 0 atom stereocenters. The summed E-state index contributed by atoms with van der Waals surface area (Å²) in [5.41, 5.74) is 2.70. The molecule has 0 amide bonds. The lowest BCUT2D eigenvalue weighted by atomic mass is 9.99. The molecular formula is C10H13B. The van der Waals surface area contributed by atoms with Gasteiger partial charge in [0, 0.05) is 0 Å². The van der Waals surface area contributed by atoms with Gasteiger partial charge in [0.25, 0.3) is 0 Å². The van der Waals surface area contributed by atoms with Gasteiger partial charge in [0.1, 0.15) is 7.85 Å². The van der Waals surface area contributed by atoms with Crippen LogP contribution in [-0.2, 0) is 0 Å². The first-order valence-electron chi connectivity index (χ1n) is 4.06. The van der Waals surface area contributed by atoms with E-state index in [0.717, 1.165) is 6.32 Å². The van der Waals surface area contributed by atoms with Gasteiger partial charge < -0.3 is 0 Å². The highest BCUT2D eigenvalue weighted by Gasteiger charge is 1.90. The standard InChI is InChI=1S/C10H13B/c1-9(7-8-11)10-5-3-2-4-6-10/h2-7H,8,11H2,1H3/b9-7+. The van der Waals surface area contributed by atoms with Crippen molar-refractivity contribution in [3.8, 4) is 0 Å². The molecule has 56 valence electrons. The Kier molecular flexibility index (Phi) is 2.97. The Labute approximate surface area is 69.4 Å². The summed E-state index contributed by atoms with van der Waals surface area (Å²) in [6.45, 7) is 2.15. The van der Waals surface area contributed by atoms with Crippen LogP contribution in [0.1, 0.15) is 12.5 Å². The third-order valence-electron chi connectivity index (χ3n) is 1.74. The summed E-state index contributed by atoms with van der Waals surface area (Å²) in [6, 6.07) is 10.5. The Morgan fingerprint density at radius 3 is 2.55 bits per heavy atom. The number of rotatable bonds is 2. The van der Waals surface area contributed by atoms with Gasteiger partial charge >= 0.3 is 0 Å². The zero-order valence-electron chi connectivity index (χ0n) is 7.17. The average molecular weight is 144 g/mol. The molecule has 1 heteroatoms. The highest BCUT2D eigenvalue weighted by Crippen LogP contribution is 2.12. The van der Waals surface area contributed by atoms with Gasteiger partial charge in [-0.05, 0) is 18.1 Å². The molecule has 1 rings (SSSR count). The zero-order chi connectivity index (χ0) is 8.10. The van der Waals surface area contributed by atoms with E-state index in [-0.39, 0.29) is 0 Å². The van der Waals surface area contributed by atoms with Crippen LogP contribution in [0.25, 0.3) is 5.57 Å². The van der Waals surface area contributed by atoms with Crippen LogP contribution in [0.15, 0.2) is 36.4 Å².